The molecule has 0 spiro atoms. The second-order valence-electron chi connectivity index (χ2n) is 2.73. The van der Waals surface area contributed by atoms with E-state index in [1.165, 1.54) is 0 Å². The van der Waals surface area contributed by atoms with Crippen molar-refractivity contribution in [3.63, 3.8) is 0 Å². The minimum Gasteiger partial charge on any atom is -0.550 e. The molecule has 0 aromatic rings. The van der Waals surface area contributed by atoms with Crippen LogP contribution in [0.5, 0.6) is 0 Å². The van der Waals surface area contributed by atoms with Gasteiger partial charge in [-0.2, -0.15) is 0 Å². The van der Waals surface area contributed by atoms with E-state index in [1.54, 1.807) is 6.92 Å². The van der Waals surface area contributed by atoms with Crippen LogP contribution >= 0.6 is 0 Å². The molecule has 2 N–H and O–H groups in total. The molecule has 0 unspecified atom stereocenters. The summed E-state index contributed by atoms with van der Waals surface area (Å²) in [5, 5.41) is 46.5. The topological polar surface area (TPSA) is 161 Å². The Morgan fingerprint density at radius 2 is 1.16 bits per heavy atom. The molecule has 0 fully saturated rings. The Labute approximate surface area is 176 Å². The van der Waals surface area contributed by atoms with Gasteiger partial charge in [-0.3, -0.25) is 0 Å². The van der Waals surface area contributed by atoms with Crippen LogP contribution in [-0.4, -0.2) is 40.3 Å². The molecule has 0 atom stereocenters. The number of hydrogen-bond donors (Lipinski definition) is 2. The number of carbonyl (C=O) groups excluding carboxylic acids is 3. The number of carbonyl (C=O) groups is 3. The van der Waals surface area contributed by atoms with E-state index in [9.17, 15) is 29.7 Å². The zero-order chi connectivity index (χ0) is 13.4. The van der Waals surface area contributed by atoms with E-state index < -0.39 is 36.4 Å². The SMILES string of the molecule is CCO.O=C([O-])CC(O)(CC(=O)[O-])C(=O)[O-].[Na+].[Na+].[Na+]. The van der Waals surface area contributed by atoms with E-state index in [0.717, 1.165) is 0 Å². The Morgan fingerprint density at radius 3 is 1.26 bits per heavy atom. The summed E-state index contributed by atoms with van der Waals surface area (Å²) in [5.74, 6) is -5.98. The van der Waals surface area contributed by atoms with Crippen molar-refractivity contribution < 1.29 is 129 Å². The van der Waals surface area contributed by atoms with Crippen LogP contribution < -0.4 is 104 Å². The second-order valence-corrected chi connectivity index (χ2v) is 2.73. The third-order valence-electron chi connectivity index (χ3n) is 1.25. The van der Waals surface area contributed by atoms with Crippen LogP contribution in [0.15, 0.2) is 0 Å². The molecule has 8 nitrogen and oxygen atoms in total. The molecule has 0 aliphatic heterocycles. The zero-order valence-electron chi connectivity index (χ0n) is 11.5. The van der Waals surface area contributed by atoms with Gasteiger partial charge in [0.25, 0.3) is 0 Å². The molecule has 0 rings (SSSR count). The molecular formula is C8H11Na3O8. The molecule has 0 saturated carbocycles. The van der Waals surface area contributed by atoms with Crippen molar-refractivity contribution >= 4 is 17.9 Å². The minimum absolute atomic E-state index is 0. The van der Waals surface area contributed by atoms with Crippen LogP contribution in [0.3, 0.4) is 0 Å². The van der Waals surface area contributed by atoms with Gasteiger partial charge in [-0.1, -0.05) is 0 Å². The van der Waals surface area contributed by atoms with Gasteiger partial charge in [0.05, 0.1) is 5.97 Å². The number of aliphatic hydroxyl groups is 2. The van der Waals surface area contributed by atoms with E-state index in [-0.39, 0.29) is 95.3 Å². The van der Waals surface area contributed by atoms with Gasteiger partial charge in [-0.15, -0.1) is 0 Å². The first-order valence-corrected chi connectivity index (χ1v) is 4.14. The van der Waals surface area contributed by atoms with E-state index in [4.69, 9.17) is 10.2 Å². The monoisotopic (exact) mass is 304 g/mol. The van der Waals surface area contributed by atoms with E-state index in [1.807, 2.05) is 0 Å². The van der Waals surface area contributed by atoms with Crippen molar-refractivity contribution in [3.8, 4) is 0 Å². The van der Waals surface area contributed by atoms with Crippen molar-refractivity contribution in [1.29, 1.82) is 0 Å². The summed E-state index contributed by atoms with van der Waals surface area (Å²) in [7, 11) is 0. The molecule has 0 aromatic carbocycles. The van der Waals surface area contributed by atoms with Gasteiger partial charge in [0, 0.05) is 31.4 Å². The number of aliphatic carboxylic acids is 3. The summed E-state index contributed by atoms with van der Waals surface area (Å²) < 4.78 is 0. The van der Waals surface area contributed by atoms with Crippen LogP contribution in [0.2, 0.25) is 0 Å². The second kappa shape index (κ2) is 17.4. The summed E-state index contributed by atoms with van der Waals surface area (Å²) in [4.78, 5) is 30.0. The molecular weight excluding hydrogens is 293 g/mol. The van der Waals surface area contributed by atoms with Gasteiger partial charge in [-0.25, -0.2) is 0 Å². The zero-order valence-corrected chi connectivity index (χ0v) is 17.5. The van der Waals surface area contributed by atoms with Gasteiger partial charge < -0.3 is 39.9 Å². The molecule has 0 radical (unpaired) electrons. The van der Waals surface area contributed by atoms with Crippen molar-refractivity contribution in [2.45, 2.75) is 25.4 Å². The van der Waals surface area contributed by atoms with Gasteiger partial charge in [0.1, 0.15) is 5.60 Å². The number of aliphatic hydroxyl groups excluding tert-OH is 1. The molecule has 0 aromatic heterocycles. The van der Waals surface area contributed by atoms with Crippen molar-refractivity contribution in [3.05, 3.63) is 0 Å². The number of hydrogen-bond acceptors (Lipinski definition) is 8. The maximum Gasteiger partial charge on any atom is 1.00 e. The first-order chi connectivity index (χ1) is 7.19. The van der Waals surface area contributed by atoms with Crippen molar-refractivity contribution in [1.82, 2.24) is 0 Å². The molecule has 94 valence electrons. The fraction of sp³-hybridized carbons (Fsp3) is 0.625. The Kier molecular flexibility index (Phi) is 29.6. The Morgan fingerprint density at radius 1 is 0.947 bits per heavy atom. The molecule has 11 heteroatoms. The molecule has 0 heterocycles. The fourth-order valence-electron chi connectivity index (χ4n) is 0.684. The molecule has 0 saturated heterocycles. The van der Waals surface area contributed by atoms with E-state index in [0.29, 0.717) is 0 Å². The third kappa shape index (κ3) is 19.3. The summed E-state index contributed by atoms with van der Waals surface area (Å²) in [6, 6.07) is 0. The predicted molar refractivity (Wildman–Crippen MR) is 42.0 cm³/mol. The summed E-state index contributed by atoms with van der Waals surface area (Å²) in [5.41, 5.74) is -2.97. The molecule has 0 aliphatic rings. The first kappa shape index (κ1) is 32.3. The molecule has 0 aliphatic carbocycles. The smallest absolute Gasteiger partial charge is 0.550 e. The van der Waals surface area contributed by atoms with Crippen LogP contribution in [0, 0.1) is 0 Å². The number of carboxylic acid groups (broad SMARTS) is 3. The molecule has 0 bridgehead atoms. The van der Waals surface area contributed by atoms with Crippen LogP contribution in [-0.2, 0) is 14.4 Å². The standard InChI is InChI=1S/C6H8O7.C2H6O.3Na/c7-3(8)1-6(13,5(11)12)2-4(9)10;1-2-3;;;/h13H,1-2H2,(H,7,8)(H,9,10)(H,11,12);3H,2H2,1H3;;;/q;;3*+1/p-3. The van der Waals surface area contributed by atoms with Crippen LogP contribution in [0.1, 0.15) is 19.8 Å². The van der Waals surface area contributed by atoms with Gasteiger partial charge >= 0.3 is 88.7 Å². The van der Waals surface area contributed by atoms with Crippen LogP contribution in [0.25, 0.3) is 0 Å². The Bertz CT molecular complexity index is 255. The maximum atomic E-state index is 10.1. The molecule has 19 heavy (non-hydrogen) atoms. The largest absolute Gasteiger partial charge is 1.00 e. The Balaban J connectivity index is -0.0000000992. The van der Waals surface area contributed by atoms with E-state index in [2.05, 4.69) is 0 Å². The molecule has 0 amide bonds. The normalized spacial score (nSPS) is 8.37. The average molecular weight is 304 g/mol. The summed E-state index contributed by atoms with van der Waals surface area (Å²) in [6.45, 7) is 1.93. The average Bonchev–Trinajstić information content (AvgIpc) is 2.01. The maximum absolute atomic E-state index is 10.1. The van der Waals surface area contributed by atoms with Crippen LogP contribution in [0.4, 0.5) is 0 Å². The quantitative estimate of drug-likeness (QED) is 0.473. The summed E-state index contributed by atoms with van der Waals surface area (Å²) in [6.07, 6.45) is -2.72. The number of rotatable bonds is 5. The third-order valence-corrected chi connectivity index (χ3v) is 1.25. The predicted octanol–water partition coefficient (Wildman–Crippen LogP) is -14.2. The van der Waals surface area contributed by atoms with Gasteiger partial charge in [0.15, 0.2) is 0 Å². The van der Waals surface area contributed by atoms with Gasteiger partial charge in [-0.05, 0) is 6.92 Å². The van der Waals surface area contributed by atoms with Crippen molar-refractivity contribution in [2.75, 3.05) is 6.61 Å². The minimum atomic E-state index is -2.97. The summed E-state index contributed by atoms with van der Waals surface area (Å²) >= 11 is 0. The van der Waals surface area contributed by atoms with Gasteiger partial charge in [0.2, 0.25) is 0 Å². The fourth-order valence-corrected chi connectivity index (χ4v) is 0.684. The Hall–Kier alpha value is 1.33. The van der Waals surface area contributed by atoms with E-state index >= 15 is 0 Å². The van der Waals surface area contributed by atoms with Crippen molar-refractivity contribution in [2.24, 2.45) is 0 Å². The number of carboxylic acids is 3. The first-order valence-electron chi connectivity index (χ1n) is 4.14.